The minimum absolute atomic E-state index is 0.246. The first-order valence-electron chi connectivity index (χ1n) is 6.41. The van der Waals surface area contributed by atoms with Crippen LogP contribution in [0.4, 0.5) is 0 Å². The molecule has 20 heavy (non-hydrogen) atoms. The van der Waals surface area contributed by atoms with E-state index < -0.39 is 0 Å². The van der Waals surface area contributed by atoms with Gasteiger partial charge in [0.25, 0.3) is 0 Å². The lowest BCUT2D eigenvalue weighted by Gasteiger charge is -2.15. The molecule has 0 aliphatic heterocycles. The summed E-state index contributed by atoms with van der Waals surface area (Å²) in [5.74, 6) is 0.871. The van der Waals surface area contributed by atoms with Crippen molar-refractivity contribution >= 4 is 27.5 Å². The van der Waals surface area contributed by atoms with Gasteiger partial charge in [-0.05, 0) is 48.4 Å². The van der Waals surface area contributed by atoms with Gasteiger partial charge in [0.15, 0.2) is 0 Å². The van der Waals surface area contributed by atoms with Gasteiger partial charge in [0.1, 0.15) is 5.75 Å². The monoisotopic (exact) mass is 353 g/mol. The van der Waals surface area contributed by atoms with Crippen LogP contribution in [0.5, 0.6) is 5.75 Å². The van der Waals surface area contributed by atoms with E-state index in [1.807, 2.05) is 30.3 Å². The van der Waals surface area contributed by atoms with Crippen molar-refractivity contribution in [1.29, 1.82) is 0 Å². The molecule has 0 aliphatic carbocycles. The SMILES string of the molecule is COc1ccc([C@@H](C)NCc2cc(Br)ccc2Cl)cc1. The van der Waals surface area contributed by atoms with E-state index in [2.05, 4.69) is 40.3 Å². The fourth-order valence-corrected chi connectivity index (χ4v) is 2.55. The summed E-state index contributed by atoms with van der Waals surface area (Å²) in [5.41, 5.74) is 2.30. The van der Waals surface area contributed by atoms with Gasteiger partial charge >= 0.3 is 0 Å². The summed E-state index contributed by atoms with van der Waals surface area (Å²) in [7, 11) is 1.67. The van der Waals surface area contributed by atoms with Crippen molar-refractivity contribution in [1.82, 2.24) is 5.32 Å². The van der Waals surface area contributed by atoms with Crippen molar-refractivity contribution in [3.63, 3.8) is 0 Å². The van der Waals surface area contributed by atoms with Gasteiger partial charge < -0.3 is 10.1 Å². The van der Waals surface area contributed by atoms with Crippen molar-refractivity contribution in [3.05, 3.63) is 63.1 Å². The van der Waals surface area contributed by atoms with E-state index in [0.29, 0.717) is 0 Å². The van der Waals surface area contributed by atoms with Crippen molar-refractivity contribution in [3.8, 4) is 5.75 Å². The number of methoxy groups -OCH3 is 1. The number of hydrogen-bond donors (Lipinski definition) is 1. The van der Waals surface area contributed by atoms with Gasteiger partial charge in [-0.2, -0.15) is 0 Å². The molecule has 0 saturated carbocycles. The van der Waals surface area contributed by atoms with E-state index in [-0.39, 0.29) is 6.04 Å². The molecule has 0 amide bonds. The highest BCUT2D eigenvalue weighted by Crippen LogP contribution is 2.22. The summed E-state index contributed by atoms with van der Waals surface area (Å²) in [6.45, 7) is 2.86. The van der Waals surface area contributed by atoms with Crippen LogP contribution in [0.1, 0.15) is 24.1 Å². The Morgan fingerprint density at radius 1 is 1.20 bits per heavy atom. The van der Waals surface area contributed by atoms with Crippen molar-refractivity contribution in [2.24, 2.45) is 0 Å². The lowest BCUT2D eigenvalue weighted by molar-refractivity contribution is 0.414. The van der Waals surface area contributed by atoms with Crippen molar-refractivity contribution in [2.45, 2.75) is 19.5 Å². The van der Waals surface area contributed by atoms with Gasteiger partial charge in [-0.25, -0.2) is 0 Å². The van der Waals surface area contributed by atoms with Gasteiger partial charge in [-0.1, -0.05) is 39.7 Å². The number of hydrogen-bond acceptors (Lipinski definition) is 2. The van der Waals surface area contributed by atoms with Crippen LogP contribution in [0.2, 0.25) is 5.02 Å². The summed E-state index contributed by atoms with van der Waals surface area (Å²) in [5, 5.41) is 4.25. The molecule has 2 rings (SSSR count). The zero-order chi connectivity index (χ0) is 14.5. The predicted molar refractivity (Wildman–Crippen MR) is 87.4 cm³/mol. The van der Waals surface area contributed by atoms with Gasteiger partial charge in [0.05, 0.1) is 7.11 Å². The Hall–Kier alpha value is -1.03. The molecule has 0 bridgehead atoms. The molecule has 0 spiro atoms. The van der Waals surface area contributed by atoms with Crippen LogP contribution in [0.25, 0.3) is 0 Å². The van der Waals surface area contributed by atoms with Gasteiger partial charge in [0.2, 0.25) is 0 Å². The van der Waals surface area contributed by atoms with E-state index in [4.69, 9.17) is 16.3 Å². The van der Waals surface area contributed by atoms with E-state index in [9.17, 15) is 0 Å². The first-order valence-corrected chi connectivity index (χ1v) is 7.58. The van der Waals surface area contributed by atoms with Crippen LogP contribution in [0.3, 0.4) is 0 Å². The number of ether oxygens (including phenoxy) is 1. The summed E-state index contributed by atoms with van der Waals surface area (Å²) in [6.07, 6.45) is 0. The molecular formula is C16H17BrClNO. The minimum atomic E-state index is 0.246. The molecule has 0 saturated heterocycles. The van der Waals surface area contributed by atoms with E-state index in [1.54, 1.807) is 7.11 Å². The third-order valence-electron chi connectivity index (χ3n) is 3.22. The molecule has 2 nitrogen and oxygen atoms in total. The summed E-state index contributed by atoms with van der Waals surface area (Å²) in [4.78, 5) is 0. The molecule has 0 fully saturated rings. The van der Waals surface area contributed by atoms with Gasteiger partial charge in [0, 0.05) is 22.1 Å². The third-order valence-corrected chi connectivity index (χ3v) is 4.08. The van der Waals surface area contributed by atoms with Crippen LogP contribution < -0.4 is 10.1 Å². The maximum Gasteiger partial charge on any atom is 0.118 e. The second kappa shape index (κ2) is 7.11. The maximum atomic E-state index is 6.19. The minimum Gasteiger partial charge on any atom is -0.497 e. The fourth-order valence-electron chi connectivity index (χ4n) is 1.95. The van der Waals surface area contributed by atoms with E-state index in [0.717, 1.165) is 27.4 Å². The fraction of sp³-hybridized carbons (Fsp3) is 0.250. The van der Waals surface area contributed by atoms with Crippen LogP contribution in [0, 0.1) is 0 Å². The molecule has 0 unspecified atom stereocenters. The average molecular weight is 355 g/mol. The normalized spacial score (nSPS) is 12.2. The van der Waals surface area contributed by atoms with Gasteiger partial charge in [-0.3, -0.25) is 0 Å². The van der Waals surface area contributed by atoms with E-state index >= 15 is 0 Å². The second-order valence-corrected chi connectivity index (χ2v) is 5.93. The second-order valence-electron chi connectivity index (χ2n) is 4.61. The molecular weight excluding hydrogens is 338 g/mol. The highest BCUT2D eigenvalue weighted by Gasteiger charge is 2.07. The molecule has 4 heteroatoms. The number of rotatable bonds is 5. The number of halogens is 2. The van der Waals surface area contributed by atoms with Crippen LogP contribution in [-0.4, -0.2) is 7.11 Å². The predicted octanol–water partition coefficient (Wildman–Crippen LogP) is 4.96. The number of nitrogens with one attached hydrogen (secondary N) is 1. The Morgan fingerprint density at radius 2 is 1.90 bits per heavy atom. The molecule has 0 aromatic heterocycles. The molecule has 0 aliphatic rings. The lowest BCUT2D eigenvalue weighted by atomic mass is 10.1. The molecule has 0 radical (unpaired) electrons. The maximum absolute atomic E-state index is 6.19. The Labute approximate surface area is 133 Å². The Morgan fingerprint density at radius 3 is 2.55 bits per heavy atom. The standard InChI is InChI=1S/C16H17BrClNO/c1-11(12-3-6-15(20-2)7-4-12)19-10-13-9-14(17)5-8-16(13)18/h3-9,11,19H,10H2,1-2H3/t11-/m1/s1. The molecule has 2 aromatic carbocycles. The Balaban J connectivity index is 2.00. The van der Waals surface area contributed by atoms with Crippen LogP contribution in [-0.2, 0) is 6.54 Å². The largest absolute Gasteiger partial charge is 0.497 e. The lowest BCUT2D eigenvalue weighted by Crippen LogP contribution is -2.18. The molecule has 1 N–H and O–H groups in total. The van der Waals surface area contributed by atoms with E-state index in [1.165, 1.54) is 5.56 Å². The van der Waals surface area contributed by atoms with Crippen molar-refractivity contribution in [2.75, 3.05) is 7.11 Å². The molecule has 0 heterocycles. The first-order chi connectivity index (χ1) is 9.60. The van der Waals surface area contributed by atoms with Crippen LogP contribution in [0.15, 0.2) is 46.9 Å². The van der Waals surface area contributed by atoms with Crippen LogP contribution >= 0.6 is 27.5 Å². The zero-order valence-electron chi connectivity index (χ0n) is 11.5. The number of benzene rings is 2. The van der Waals surface area contributed by atoms with Gasteiger partial charge in [-0.15, -0.1) is 0 Å². The summed E-state index contributed by atoms with van der Waals surface area (Å²) < 4.78 is 6.20. The van der Waals surface area contributed by atoms with Crippen molar-refractivity contribution < 1.29 is 4.74 Å². The Bertz CT molecular complexity index is 571. The highest BCUT2D eigenvalue weighted by atomic mass is 79.9. The summed E-state index contributed by atoms with van der Waals surface area (Å²) in [6, 6.07) is 14.2. The molecule has 1 atom stereocenters. The third kappa shape index (κ3) is 3.98. The quantitative estimate of drug-likeness (QED) is 0.819. The topological polar surface area (TPSA) is 21.3 Å². The Kier molecular flexibility index (Phi) is 5.46. The molecule has 106 valence electrons. The first kappa shape index (κ1) is 15.4. The summed E-state index contributed by atoms with van der Waals surface area (Å²) >= 11 is 9.65. The average Bonchev–Trinajstić information content (AvgIpc) is 2.48. The highest BCUT2D eigenvalue weighted by molar-refractivity contribution is 9.10. The zero-order valence-corrected chi connectivity index (χ0v) is 13.8. The molecule has 2 aromatic rings. The smallest absolute Gasteiger partial charge is 0.118 e.